The van der Waals surface area contributed by atoms with Crippen LogP contribution in [-0.2, 0) is 12.8 Å². The van der Waals surface area contributed by atoms with E-state index in [-0.39, 0.29) is 17.9 Å². The number of benzene rings is 1. The molecular formula is C20H27N3O2. The molecule has 0 saturated heterocycles. The molecule has 1 amide bonds. The van der Waals surface area contributed by atoms with Gasteiger partial charge < -0.3 is 10.4 Å². The lowest BCUT2D eigenvalue weighted by atomic mass is 9.89. The number of aromatic nitrogens is 2. The van der Waals surface area contributed by atoms with E-state index >= 15 is 0 Å². The molecule has 3 rings (SSSR count). The van der Waals surface area contributed by atoms with Gasteiger partial charge in [-0.15, -0.1) is 0 Å². The first-order chi connectivity index (χ1) is 11.8. The van der Waals surface area contributed by atoms with Gasteiger partial charge in [0, 0.05) is 17.8 Å². The van der Waals surface area contributed by atoms with Crippen LogP contribution in [0.3, 0.4) is 0 Å². The van der Waals surface area contributed by atoms with Crippen LogP contribution >= 0.6 is 0 Å². The van der Waals surface area contributed by atoms with Gasteiger partial charge in [-0.3, -0.25) is 4.79 Å². The summed E-state index contributed by atoms with van der Waals surface area (Å²) in [5.41, 5.74) is 4.57. The van der Waals surface area contributed by atoms with Crippen molar-refractivity contribution < 1.29 is 9.90 Å². The van der Waals surface area contributed by atoms with Crippen LogP contribution < -0.4 is 5.32 Å². The zero-order valence-electron chi connectivity index (χ0n) is 15.5. The number of fused-ring (bicyclic) bond motifs is 1. The average molecular weight is 341 g/mol. The number of hydrogen-bond donors (Lipinski definition) is 2. The van der Waals surface area contributed by atoms with E-state index in [2.05, 4.69) is 23.4 Å². The molecule has 2 N–H and O–H groups in total. The van der Waals surface area contributed by atoms with Crippen molar-refractivity contribution in [2.75, 3.05) is 6.54 Å². The summed E-state index contributed by atoms with van der Waals surface area (Å²) < 4.78 is 1.92. The van der Waals surface area contributed by atoms with E-state index in [0.29, 0.717) is 5.69 Å². The number of amides is 1. The standard InChI is InChI=1S/C20H27N3O2/c1-13-8-5-6-10-15(13)23-16-11-7-9-14(16)18(22-23)19(25)21-12-17(24)20(2,3)4/h5-6,8,10,17,24H,7,9,11-12H2,1-4H3,(H,21,25). The number of nitrogens with zero attached hydrogens (tertiary/aromatic N) is 2. The lowest BCUT2D eigenvalue weighted by molar-refractivity contribution is 0.0585. The SMILES string of the molecule is Cc1ccccc1-n1nc(C(=O)NCC(O)C(C)(C)C)c2c1CCC2. The Labute approximate surface area is 149 Å². The fraction of sp³-hybridized carbons (Fsp3) is 0.500. The van der Waals surface area contributed by atoms with Crippen LogP contribution in [0, 0.1) is 12.3 Å². The van der Waals surface area contributed by atoms with E-state index in [4.69, 9.17) is 0 Å². The van der Waals surface area contributed by atoms with E-state index in [1.807, 2.05) is 43.7 Å². The van der Waals surface area contributed by atoms with Crippen LogP contribution in [0.2, 0.25) is 0 Å². The van der Waals surface area contributed by atoms with Crippen molar-refractivity contribution >= 4 is 5.91 Å². The zero-order chi connectivity index (χ0) is 18.2. The van der Waals surface area contributed by atoms with Gasteiger partial charge in [0.05, 0.1) is 11.8 Å². The normalized spacial score (nSPS) is 15.1. The number of carbonyl (C=O) groups is 1. The summed E-state index contributed by atoms with van der Waals surface area (Å²) in [5.74, 6) is -0.200. The molecule has 1 aliphatic carbocycles. The van der Waals surface area contributed by atoms with Gasteiger partial charge in [-0.1, -0.05) is 39.0 Å². The molecule has 0 aliphatic heterocycles. The molecule has 1 aliphatic rings. The maximum atomic E-state index is 12.7. The van der Waals surface area contributed by atoms with E-state index in [1.165, 1.54) is 0 Å². The van der Waals surface area contributed by atoms with E-state index in [9.17, 15) is 9.90 Å². The van der Waals surface area contributed by atoms with E-state index in [0.717, 1.165) is 41.8 Å². The second-order valence-corrected chi connectivity index (χ2v) is 7.92. The molecule has 5 nitrogen and oxygen atoms in total. The van der Waals surface area contributed by atoms with Crippen LogP contribution in [-0.4, -0.2) is 33.4 Å². The topological polar surface area (TPSA) is 67.2 Å². The Morgan fingerprint density at radius 1 is 1.32 bits per heavy atom. The summed E-state index contributed by atoms with van der Waals surface area (Å²) in [7, 11) is 0. The number of nitrogens with one attached hydrogen (secondary N) is 1. The van der Waals surface area contributed by atoms with Gasteiger partial charge in [0.15, 0.2) is 5.69 Å². The first kappa shape index (κ1) is 17.7. The molecule has 1 unspecified atom stereocenters. The summed E-state index contributed by atoms with van der Waals surface area (Å²) in [4.78, 5) is 12.7. The highest BCUT2D eigenvalue weighted by Crippen LogP contribution is 2.29. The molecule has 0 radical (unpaired) electrons. The van der Waals surface area contributed by atoms with Gasteiger partial charge in [-0.25, -0.2) is 4.68 Å². The fourth-order valence-electron chi connectivity index (χ4n) is 3.20. The molecule has 0 bridgehead atoms. The van der Waals surface area contributed by atoms with Crippen LogP contribution in [0.15, 0.2) is 24.3 Å². The summed E-state index contributed by atoms with van der Waals surface area (Å²) in [6.07, 6.45) is 2.27. The van der Waals surface area contributed by atoms with Gasteiger partial charge in [-0.2, -0.15) is 5.10 Å². The van der Waals surface area contributed by atoms with Crippen LogP contribution in [0.4, 0.5) is 0 Å². The molecule has 1 aromatic carbocycles. The number of aliphatic hydroxyl groups is 1. The lowest BCUT2D eigenvalue weighted by Crippen LogP contribution is -2.39. The monoisotopic (exact) mass is 341 g/mol. The van der Waals surface area contributed by atoms with Gasteiger partial charge in [-0.05, 0) is 43.2 Å². The number of aliphatic hydroxyl groups excluding tert-OH is 1. The first-order valence-electron chi connectivity index (χ1n) is 8.92. The Hall–Kier alpha value is -2.14. The lowest BCUT2D eigenvalue weighted by Gasteiger charge is -2.25. The Bertz CT molecular complexity index is 787. The van der Waals surface area contributed by atoms with Crippen molar-refractivity contribution in [3.63, 3.8) is 0 Å². The second kappa shape index (κ2) is 6.64. The summed E-state index contributed by atoms with van der Waals surface area (Å²) in [6.45, 7) is 8.14. The Morgan fingerprint density at radius 2 is 2.04 bits per heavy atom. The van der Waals surface area contributed by atoms with Gasteiger partial charge in [0.2, 0.25) is 0 Å². The molecule has 1 atom stereocenters. The van der Waals surface area contributed by atoms with Crippen molar-refractivity contribution in [2.24, 2.45) is 5.41 Å². The Balaban J connectivity index is 1.87. The van der Waals surface area contributed by atoms with Crippen LogP contribution in [0.25, 0.3) is 5.69 Å². The highest BCUT2D eigenvalue weighted by atomic mass is 16.3. The van der Waals surface area contributed by atoms with Crippen LogP contribution in [0.5, 0.6) is 0 Å². The molecule has 5 heteroatoms. The molecule has 2 aromatic rings. The molecule has 1 heterocycles. The smallest absolute Gasteiger partial charge is 0.272 e. The third-order valence-corrected chi connectivity index (χ3v) is 4.94. The van der Waals surface area contributed by atoms with E-state index in [1.54, 1.807) is 0 Å². The summed E-state index contributed by atoms with van der Waals surface area (Å²) in [6, 6.07) is 8.08. The van der Waals surface area contributed by atoms with Crippen LogP contribution in [0.1, 0.15) is 54.5 Å². The van der Waals surface area contributed by atoms with Crippen molar-refractivity contribution in [3.05, 3.63) is 46.8 Å². The molecule has 134 valence electrons. The maximum Gasteiger partial charge on any atom is 0.272 e. The summed E-state index contributed by atoms with van der Waals surface area (Å²) >= 11 is 0. The average Bonchev–Trinajstić information content (AvgIpc) is 3.14. The van der Waals surface area contributed by atoms with Crippen molar-refractivity contribution in [1.29, 1.82) is 0 Å². The maximum absolute atomic E-state index is 12.7. The number of rotatable bonds is 4. The van der Waals surface area contributed by atoms with Crippen molar-refractivity contribution in [2.45, 2.75) is 53.1 Å². The molecule has 1 aromatic heterocycles. The highest BCUT2D eigenvalue weighted by molar-refractivity contribution is 5.94. The molecule has 0 fully saturated rings. The number of hydrogen-bond acceptors (Lipinski definition) is 3. The minimum absolute atomic E-state index is 0.200. The van der Waals surface area contributed by atoms with Gasteiger partial charge >= 0.3 is 0 Å². The van der Waals surface area contributed by atoms with E-state index < -0.39 is 6.10 Å². The Morgan fingerprint density at radius 3 is 2.72 bits per heavy atom. The fourth-order valence-corrected chi connectivity index (χ4v) is 3.20. The molecule has 0 saturated carbocycles. The number of para-hydroxylation sites is 1. The summed E-state index contributed by atoms with van der Waals surface area (Å²) in [5, 5.41) is 17.6. The molecule has 25 heavy (non-hydrogen) atoms. The number of aryl methyl sites for hydroxylation is 1. The molecule has 0 spiro atoms. The predicted molar refractivity (Wildman–Crippen MR) is 98.1 cm³/mol. The highest BCUT2D eigenvalue weighted by Gasteiger charge is 2.28. The minimum atomic E-state index is -0.594. The quantitative estimate of drug-likeness (QED) is 0.898. The Kier molecular flexibility index (Phi) is 4.69. The largest absolute Gasteiger partial charge is 0.391 e. The predicted octanol–water partition coefficient (Wildman–Crippen LogP) is 2.81. The first-order valence-corrected chi connectivity index (χ1v) is 8.92. The zero-order valence-corrected chi connectivity index (χ0v) is 15.5. The van der Waals surface area contributed by atoms with Crippen molar-refractivity contribution in [1.82, 2.24) is 15.1 Å². The third kappa shape index (κ3) is 3.47. The third-order valence-electron chi connectivity index (χ3n) is 4.94. The van der Waals surface area contributed by atoms with Gasteiger partial charge in [0.25, 0.3) is 5.91 Å². The van der Waals surface area contributed by atoms with Gasteiger partial charge in [0.1, 0.15) is 0 Å². The minimum Gasteiger partial charge on any atom is -0.391 e. The van der Waals surface area contributed by atoms with Crippen molar-refractivity contribution in [3.8, 4) is 5.69 Å². The molecular weight excluding hydrogens is 314 g/mol. The second-order valence-electron chi connectivity index (χ2n) is 7.92. The number of carbonyl (C=O) groups excluding carboxylic acids is 1.